The van der Waals surface area contributed by atoms with E-state index in [0.717, 1.165) is 18.8 Å². The van der Waals surface area contributed by atoms with E-state index >= 15 is 0 Å². The zero-order valence-electron chi connectivity index (χ0n) is 16.7. The molecule has 0 bridgehead atoms. The Labute approximate surface area is 169 Å². The highest BCUT2D eigenvalue weighted by atomic mass is 16.1. The van der Waals surface area contributed by atoms with Gasteiger partial charge in [0.2, 0.25) is 5.91 Å². The van der Waals surface area contributed by atoms with Crippen LogP contribution >= 0.6 is 0 Å². The fourth-order valence-electron chi connectivity index (χ4n) is 2.80. The molecule has 0 aliphatic heterocycles. The van der Waals surface area contributed by atoms with Gasteiger partial charge in [0.1, 0.15) is 17.8 Å². The number of benzene rings is 1. The highest BCUT2D eigenvalue weighted by molar-refractivity contribution is 5.92. The van der Waals surface area contributed by atoms with Crippen LogP contribution < -0.4 is 10.2 Å². The van der Waals surface area contributed by atoms with Crippen LogP contribution in [-0.4, -0.2) is 28.5 Å². The van der Waals surface area contributed by atoms with Gasteiger partial charge in [0.25, 0.3) is 5.95 Å². The van der Waals surface area contributed by atoms with E-state index < -0.39 is 0 Å². The molecule has 1 aromatic heterocycles. The molecule has 0 spiro atoms. The molecule has 1 aromatic carbocycles. The summed E-state index contributed by atoms with van der Waals surface area (Å²) in [6, 6.07) is 9.31. The van der Waals surface area contributed by atoms with Crippen molar-refractivity contribution in [3.8, 4) is 12.1 Å². The van der Waals surface area contributed by atoms with E-state index in [9.17, 15) is 15.3 Å². The van der Waals surface area contributed by atoms with Gasteiger partial charge in [0.05, 0.1) is 5.69 Å². The van der Waals surface area contributed by atoms with Crippen molar-refractivity contribution in [2.24, 2.45) is 10.2 Å². The second-order valence-electron chi connectivity index (χ2n) is 5.99. The van der Waals surface area contributed by atoms with Crippen LogP contribution in [0.5, 0.6) is 0 Å². The zero-order chi connectivity index (χ0) is 21.4. The Morgan fingerprint density at radius 3 is 2.59 bits per heavy atom. The third-order valence-electron chi connectivity index (χ3n) is 4.14. The maximum Gasteiger partial charge on any atom is 0.252 e. The zero-order valence-corrected chi connectivity index (χ0v) is 16.7. The molecule has 9 heteroatoms. The van der Waals surface area contributed by atoms with Gasteiger partial charge in [-0.2, -0.15) is 15.5 Å². The lowest BCUT2D eigenvalue weighted by Crippen LogP contribution is -2.21. The van der Waals surface area contributed by atoms with E-state index in [1.807, 2.05) is 38.1 Å². The molecular formula is C20H22N8O. The van der Waals surface area contributed by atoms with E-state index in [2.05, 4.69) is 32.0 Å². The number of anilines is 2. The molecule has 0 aliphatic carbocycles. The van der Waals surface area contributed by atoms with Crippen molar-refractivity contribution in [3.05, 3.63) is 42.2 Å². The predicted octanol–water partition coefficient (Wildman–Crippen LogP) is 4.03. The highest BCUT2D eigenvalue weighted by Gasteiger charge is 2.16. The van der Waals surface area contributed by atoms with E-state index in [4.69, 9.17) is 0 Å². The monoisotopic (exact) mass is 390 g/mol. The van der Waals surface area contributed by atoms with Crippen LogP contribution in [0.25, 0.3) is 0 Å². The normalized spacial score (nSPS) is 10.4. The summed E-state index contributed by atoms with van der Waals surface area (Å²) >= 11 is 0. The van der Waals surface area contributed by atoms with Crippen molar-refractivity contribution in [2.45, 2.75) is 27.3 Å². The summed E-state index contributed by atoms with van der Waals surface area (Å²) in [4.78, 5) is 17.8. The van der Waals surface area contributed by atoms with Crippen molar-refractivity contribution >= 4 is 28.9 Å². The Balaban J connectivity index is 2.50. The Bertz CT molecular complexity index is 1020. The van der Waals surface area contributed by atoms with Gasteiger partial charge >= 0.3 is 0 Å². The van der Waals surface area contributed by atoms with Gasteiger partial charge in [-0.3, -0.25) is 9.36 Å². The second-order valence-corrected chi connectivity index (χ2v) is 5.99. The topological polar surface area (TPSA) is 122 Å². The quantitative estimate of drug-likeness (QED) is 0.538. The summed E-state index contributed by atoms with van der Waals surface area (Å²) in [5.74, 6) is -0.121. The Hall–Kier alpha value is -3.98. The molecule has 148 valence electrons. The van der Waals surface area contributed by atoms with Crippen molar-refractivity contribution in [2.75, 3.05) is 23.3 Å². The van der Waals surface area contributed by atoms with Gasteiger partial charge in [-0.25, -0.2) is 0 Å². The summed E-state index contributed by atoms with van der Waals surface area (Å²) in [5, 5.41) is 29.6. The molecule has 9 nitrogen and oxygen atoms in total. The molecule has 1 amide bonds. The summed E-state index contributed by atoms with van der Waals surface area (Å²) in [6.45, 7) is 11.1. The van der Waals surface area contributed by atoms with Crippen LogP contribution in [-0.2, 0) is 11.3 Å². The largest absolute Gasteiger partial charge is 0.372 e. The van der Waals surface area contributed by atoms with Gasteiger partial charge < -0.3 is 10.2 Å². The molecule has 2 aromatic rings. The number of rotatable bonds is 8. The van der Waals surface area contributed by atoms with Crippen LogP contribution in [0.4, 0.5) is 23.0 Å². The maximum absolute atomic E-state index is 11.6. The number of hydrogen-bond donors (Lipinski definition) is 1. The number of imidazole rings is 1. The number of azo groups is 1. The first-order valence-electron chi connectivity index (χ1n) is 9.08. The average molecular weight is 390 g/mol. The summed E-state index contributed by atoms with van der Waals surface area (Å²) < 4.78 is 1.46. The van der Waals surface area contributed by atoms with E-state index in [0.29, 0.717) is 11.4 Å². The lowest BCUT2D eigenvalue weighted by Gasteiger charge is -2.22. The number of carbonyl (C=O) groups is 1. The number of allylic oxidation sites excluding steroid dienone is 1. The van der Waals surface area contributed by atoms with Crippen LogP contribution in [0.3, 0.4) is 0 Å². The molecule has 2 rings (SSSR count). The molecule has 29 heavy (non-hydrogen) atoms. The third kappa shape index (κ3) is 4.85. The van der Waals surface area contributed by atoms with Gasteiger partial charge in [0, 0.05) is 32.2 Å². The summed E-state index contributed by atoms with van der Waals surface area (Å²) in [7, 11) is 0. The predicted molar refractivity (Wildman–Crippen MR) is 110 cm³/mol. The second kappa shape index (κ2) is 9.81. The number of nitrogens with one attached hydrogen (secondary N) is 1. The molecule has 0 atom stereocenters. The molecule has 0 fully saturated rings. The summed E-state index contributed by atoms with van der Waals surface area (Å²) in [6.07, 6.45) is 1.57. The van der Waals surface area contributed by atoms with Crippen LogP contribution in [0.1, 0.15) is 32.2 Å². The number of nitrogens with zero attached hydrogens (tertiary/aromatic N) is 7. The van der Waals surface area contributed by atoms with Crippen molar-refractivity contribution in [1.29, 1.82) is 10.5 Å². The molecule has 0 unspecified atom stereocenters. The number of carbonyl (C=O) groups excluding carboxylic acids is 1. The van der Waals surface area contributed by atoms with Crippen molar-refractivity contribution in [1.82, 2.24) is 9.55 Å². The molecule has 0 saturated carbocycles. The smallest absolute Gasteiger partial charge is 0.252 e. The molecule has 0 radical (unpaired) electrons. The lowest BCUT2D eigenvalue weighted by molar-refractivity contribution is -0.114. The van der Waals surface area contributed by atoms with Crippen LogP contribution in [0.2, 0.25) is 0 Å². The minimum absolute atomic E-state index is 0.0257. The van der Waals surface area contributed by atoms with Crippen molar-refractivity contribution in [3.63, 3.8) is 0 Å². The number of nitriles is 2. The van der Waals surface area contributed by atoms with E-state index in [-0.39, 0.29) is 29.8 Å². The van der Waals surface area contributed by atoms with Gasteiger partial charge in [-0.15, -0.1) is 16.8 Å². The number of hydrogen-bond acceptors (Lipinski definition) is 7. The molecule has 1 N–H and O–H groups in total. The van der Waals surface area contributed by atoms with E-state index in [1.54, 1.807) is 12.1 Å². The highest BCUT2D eigenvalue weighted by Crippen LogP contribution is 2.32. The molecule has 0 saturated heterocycles. The first-order valence-corrected chi connectivity index (χ1v) is 9.08. The number of aromatic nitrogens is 2. The summed E-state index contributed by atoms with van der Waals surface area (Å²) in [5.41, 5.74) is 1.96. The minimum Gasteiger partial charge on any atom is -0.372 e. The third-order valence-corrected chi connectivity index (χ3v) is 4.14. The molecule has 0 aliphatic rings. The fourth-order valence-corrected chi connectivity index (χ4v) is 2.80. The van der Waals surface area contributed by atoms with Crippen LogP contribution in [0.15, 0.2) is 41.1 Å². The van der Waals surface area contributed by atoms with Gasteiger partial charge in [-0.1, -0.05) is 6.08 Å². The van der Waals surface area contributed by atoms with Crippen molar-refractivity contribution < 1.29 is 4.79 Å². The lowest BCUT2D eigenvalue weighted by atomic mass is 10.2. The maximum atomic E-state index is 11.6. The minimum atomic E-state index is -0.232. The Kier molecular flexibility index (Phi) is 7.21. The number of amides is 1. The Morgan fingerprint density at radius 2 is 2.03 bits per heavy atom. The first kappa shape index (κ1) is 21.3. The SMILES string of the molecule is C=CCn1c(/N=N/c2ccc(N(CC)CC)cc2NC(C)=O)nc(C#N)c1C#N. The van der Waals surface area contributed by atoms with Gasteiger partial charge in [0.15, 0.2) is 11.4 Å². The Morgan fingerprint density at radius 1 is 1.31 bits per heavy atom. The average Bonchev–Trinajstić information content (AvgIpc) is 3.04. The fraction of sp³-hybridized carbons (Fsp3) is 0.300. The van der Waals surface area contributed by atoms with E-state index in [1.165, 1.54) is 11.5 Å². The first-order chi connectivity index (χ1) is 14.0. The molecular weight excluding hydrogens is 368 g/mol. The molecule has 1 heterocycles. The standard InChI is InChI=1S/C20H22N8O/c1-5-10-28-19(13-22)18(12-21)24-20(28)26-25-16-9-8-15(27(6-2)7-3)11-17(16)23-14(4)29/h5,8-9,11H,1,6-7,10H2,2-4H3,(H,23,29)/b26-25+. The van der Waals surface area contributed by atoms with Crippen LogP contribution in [0, 0.1) is 22.7 Å². The van der Waals surface area contributed by atoms with Gasteiger partial charge in [-0.05, 0) is 32.0 Å².